The van der Waals surface area contributed by atoms with Crippen molar-refractivity contribution in [3.63, 3.8) is 0 Å². The molecule has 0 radical (unpaired) electrons. The number of amidine groups is 1. The number of nitrogens with zero attached hydrogens (tertiary/aromatic N) is 4. The minimum atomic E-state index is 0.631. The molecule has 0 atom stereocenters. The zero-order valence-corrected chi connectivity index (χ0v) is 7.44. The van der Waals surface area contributed by atoms with Crippen LogP contribution >= 0.6 is 0 Å². The molecule has 1 aliphatic heterocycles. The van der Waals surface area contributed by atoms with E-state index < -0.39 is 0 Å². The van der Waals surface area contributed by atoms with E-state index >= 15 is 0 Å². The van der Waals surface area contributed by atoms with Crippen LogP contribution < -0.4 is 10.9 Å². The number of imidazole rings is 1. The first-order chi connectivity index (χ1) is 6.27. The number of nitrogens with one attached hydrogen (secondary N) is 2. The quantitative estimate of drug-likeness (QED) is 0.610. The lowest BCUT2D eigenvalue weighted by Crippen LogP contribution is -2.28. The van der Waals surface area contributed by atoms with Crippen molar-refractivity contribution in [1.82, 2.24) is 20.4 Å². The van der Waals surface area contributed by atoms with Crippen LogP contribution in [0.5, 0.6) is 0 Å². The molecular formula is C7H10N6. The van der Waals surface area contributed by atoms with Crippen LogP contribution in [0.2, 0.25) is 0 Å². The van der Waals surface area contributed by atoms with Crippen molar-refractivity contribution in [1.29, 1.82) is 0 Å². The standard InChI is InChI=1S/C7H10N6/c1-5-10-6(3-13(5)2)7-11-8-4-9-12-7/h3-4H,1-2H3,(H,8,9)(H,11,12). The van der Waals surface area contributed by atoms with Crippen LogP contribution in [0, 0.1) is 6.92 Å². The maximum absolute atomic E-state index is 4.29. The number of hydrazone groups is 2. The molecular weight excluding hydrogens is 168 g/mol. The van der Waals surface area contributed by atoms with Gasteiger partial charge in [0.1, 0.15) is 17.9 Å². The molecule has 68 valence electrons. The Balaban J connectivity index is 2.30. The highest BCUT2D eigenvalue weighted by atomic mass is 15.5. The van der Waals surface area contributed by atoms with Crippen LogP contribution in [0.15, 0.2) is 16.4 Å². The molecule has 0 saturated carbocycles. The SMILES string of the molecule is Cc1nc(C2=NNC=NN2)cn1C. The number of aryl methyl sites for hydroxylation is 2. The molecule has 0 fully saturated rings. The van der Waals surface area contributed by atoms with Gasteiger partial charge in [-0.05, 0) is 6.92 Å². The van der Waals surface area contributed by atoms with Crippen LogP contribution in [-0.2, 0) is 7.05 Å². The van der Waals surface area contributed by atoms with Gasteiger partial charge in [0.05, 0.1) is 0 Å². The fraction of sp³-hybridized carbons (Fsp3) is 0.286. The molecule has 0 aromatic carbocycles. The fourth-order valence-electron chi connectivity index (χ4n) is 1.03. The summed E-state index contributed by atoms with van der Waals surface area (Å²) in [5.74, 6) is 1.57. The maximum Gasteiger partial charge on any atom is 0.194 e. The monoisotopic (exact) mass is 178 g/mol. The molecule has 2 heterocycles. The van der Waals surface area contributed by atoms with Gasteiger partial charge in [0.15, 0.2) is 5.84 Å². The molecule has 0 amide bonds. The van der Waals surface area contributed by atoms with Crippen LogP contribution in [0.25, 0.3) is 0 Å². The molecule has 1 aromatic rings. The summed E-state index contributed by atoms with van der Waals surface area (Å²) in [6.45, 7) is 1.93. The van der Waals surface area contributed by atoms with Crippen molar-refractivity contribution in [2.45, 2.75) is 6.92 Å². The maximum atomic E-state index is 4.29. The smallest absolute Gasteiger partial charge is 0.194 e. The molecule has 0 spiro atoms. The highest BCUT2D eigenvalue weighted by molar-refractivity contribution is 5.98. The lowest BCUT2D eigenvalue weighted by atomic mass is 10.4. The van der Waals surface area contributed by atoms with Crippen LogP contribution in [-0.4, -0.2) is 21.7 Å². The van der Waals surface area contributed by atoms with Crippen LogP contribution in [0.4, 0.5) is 0 Å². The van der Waals surface area contributed by atoms with E-state index in [-0.39, 0.29) is 0 Å². The topological polar surface area (TPSA) is 66.6 Å². The molecule has 2 rings (SSSR count). The molecule has 2 N–H and O–H groups in total. The van der Waals surface area contributed by atoms with Crippen molar-refractivity contribution in [2.24, 2.45) is 17.3 Å². The first kappa shape index (κ1) is 7.78. The second-order valence-corrected chi connectivity index (χ2v) is 2.74. The van der Waals surface area contributed by atoms with Gasteiger partial charge in [0.2, 0.25) is 0 Å². The Morgan fingerprint density at radius 2 is 2.31 bits per heavy atom. The summed E-state index contributed by atoms with van der Waals surface area (Å²) in [6.07, 6.45) is 3.36. The van der Waals surface area contributed by atoms with Gasteiger partial charge < -0.3 is 4.57 Å². The van der Waals surface area contributed by atoms with Gasteiger partial charge in [0.25, 0.3) is 0 Å². The number of aromatic nitrogens is 2. The van der Waals surface area contributed by atoms with E-state index in [0.717, 1.165) is 11.5 Å². The Bertz CT molecular complexity index is 355. The van der Waals surface area contributed by atoms with Crippen LogP contribution in [0.3, 0.4) is 0 Å². The summed E-state index contributed by atoms with van der Waals surface area (Å²) in [4.78, 5) is 4.29. The zero-order valence-electron chi connectivity index (χ0n) is 7.44. The van der Waals surface area contributed by atoms with Gasteiger partial charge in [0, 0.05) is 13.2 Å². The Kier molecular flexibility index (Phi) is 1.73. The van der Waals surface area contributed by atoms with Crippen molar-refractivity contribution in [3.05, 3.63) is 17.7 Å². The van der Waals surface area contributed by atoms with E-state index in [1.165, 1.54) is 6.34 Å². The molecule has 0 bridgehead atoms. The van der Waals surface area contributed by atoms with Gasteiger partial charge in [-0.1, -0.05) is 0 Å². The summed E-state index contributed by atoms with van der Waals surface area (Å²) >= 11 is 0. The normalized spacial score (nSPS) is 14.8. The fourth-order valence-corrected chi connectivity index (χ4v) is 1.03. The van der Waals surface area contributed by atoms with Crippen molar-refractivity contribution < 1.29 is 0 Å². The first-order valence-electron chi connectivity index (χ1n) is 3.88. The lowest BCUT2D eigenvalue weighted by Gasteiger charge is -2.05. The summed E-state index contributed by atoms with van der Waals surface area (Å²) in [6, 6.07) is 0. The minimum Gasteiger partial charge on any atom is -0.337 e. The largest absolute Gasteiger partial charge is 0.337 e. The number of hydrogen-bond acceptors (Lipinski definition) is 5. The van der Waals surface area contributed by atoms with Crippen molar-refractivity contribution in [3.8, 4) is 0 Å². The molecule has 0 aliphatic carbocycles. The summed E-state index contributed by atoms with van der Waals surface area (Å²) < 4.78 is 1.93. The Labute approximate surface area is 75.4 Å². The van der Waals surface area contributed by atoms with Gasteiger partial charge in [-0.15, -0.1) is 0 Å². The third kappa shape index (κ3) is 1.37. The Morgan fingerprint density at radius 1 is 1.46 bits per heavy atom. The predicted octanol–water partition coefficient (Wildman–Crippen LogP) is -0.474. The van der Waals surface area contributed by atoms with E-state index in [1.54, 1.807) is 0 Å². The third-order valence-corrected chi connectivity index (χ3v) is 1.82. The van der Waals surface area contributed by atoms with E-state index in [2.05, 4.69) is 26.0 Å². The summed E-state index contributed by atoms with van der Waals surface area (Å²) in [5.41, 5.74) is 6.19. The Morgan fingerprint density at radius 3 is 2.85 bits per heavy atom. The number of hydrogen-bond donors (Lipinski definition) is 2. The third-order valence-electron chi connectivity index (χ3n) is 1.82. The molecule has 1 aliphatic rings. The van der Waals surface area contributed by atoms with E-state index in [9.17, 15) is 0 Å². The second kappa shape index (κ2) is 2.89. The van der Waals surface area contributed by atoms with Gasteiger partial charge in [-0.2, -0.15) is 10.2 Å². The predicted molar refractivity (Wildman–Crippen MR) is 49.2 cm³/mol. The van der Waals surface area contributed by atoms with Crippen LogP contribution in [0.1, 0.15) is 11.5 Å². The highest BCUT2D eigenvalue weighted by Gasteiger charge is 2.09. The van der Waals surface area contributed by atoms with E-state index in [4.69, 9.17) is 0 Å². The lowest BCUT2D eigenvalue weighted by molar-refractivity contribution is 0.858. The Hall–Kier alpha value is -1.85. The zero-order chi connectivity index (χ0) is 9.26. The average molecular weight is 178 g/mol. The average Bonchev–Trinajstić information content (AvgIpc) is 2.49. The van der Waals surface area contributed by atoms with E-state index in [0.29, 0.717) is 5.84 Å². The van der Waals surface area contributed by atoms with Gasteiger partial charge in [-0.3, -0.25) is 10.9 Å². The van der Waals surface area contributed by atoms with Crippen molar-refractivity contribution >= 4 is 12.2 Å². The molecule has 6 nitrogen and oxygen atoms in total. The van der Waals surface area contributed by atoms with Gasteiger partial charge >= 0.3 is 0 Å². The molecule has 0 saturated heterocycles. The summed E-state index contributed by atoms with van der Waals surface area (Å²) in [7, 11) is 1.94. The number of rotatable bonds is 1. The second-order valence-electron chi connectivity index (χ2n) is 2.74. The molecule has 13 heavy (non-hydrogen) atoms. The van der Waals surface area contributed by atoms with Gasteiger partial charge in [-0.25, -0.2) is 4.98 Å². The first-order valence-corrected chi connectivity index (χ1v) is 3.88. The molecule has 1 aromatic heterocycles. The van der Waals surface area contributed by atoms with E-state index in [1.807, 2.05) is 24.7 Å². The highest BCUT2D eigenvalue weighted by Crippen LogP contribution is 2.00. The molecule has 0 unspecified atom stereocenters. The van der Waals surface area contributed by atoms with Crippen molar-refractivity contribution in [2.75, 3.05) is 0 Å². The minimum absolute atomic E-state index is 0.631. The summed E-state index contributed by atoms with van der Waals surface area (Å²) in [5, 5.41) is 7.79. The molecule has 6 heteroatoms.